The van der Waals surface area contributed by atoms with Gasteiger partial charge >= 0.3 is 5.97 Å². The van der Waals surface area contributed by atoms with E-state index >= 15 is 0 Å². The van der Waals surface area contributed by atoms with Crippen LogP contribution in [0.1, 0.15) is 0 Å². The van der Waals surface area contributed by atoms with E-state index in [4.69, 9.17) is 9.84 Å². The minimum absolute atomic E-state index is 0.0184. The van der Waals surface area contributed by atoms with E-state index in [1.165, 1.54) is 12.5 Å². The van der Waals surface area contributed by atoms with Gasteiger partial charge in [-0.05, 0) is 0 Å². The summed E-state index contributed by atoms with van der Waals surface area (Å²) in [7, 11) is 0. The molecule has 0 aliphatic rings. The van der Waals surface area contributed by atoms with Crippen molar-refractivity contribution in [1.82, 2.24) is 0 Å². The van der Waals surface area contributed by atoms with E-state index in [1.54, 1.807) is 0 Å². The Balaban J connectivity index is 0. The van der Waals surface area contributed by atoms with Crippen molar-refractivity contribution in [1.29, 1.82) is 0 Å². The first-order chi connectivity index (χ1) is 7.72. The van der Waals surface area contributed by atoms with Gasteiger partial charge in [-0.15, -0.1) is 0 Å². The maximum absolute atomic E-state index is 10.4. The van der Waals surface area contributed by atoms with Gasteiger partial charge in [0.2, 0.25) is 0 Å². The number of carbonyl (C=O) groups is 1. The summed E-state index contributed by atoms with van der Waals surface area (Å²) >= 11 is 0. The van der Waals surface area contributed by atoms with Gasteiger partial charge in [-0.2, -0.15) is 0 Å². The Bertz CT molecular complexity index is 195. The largest absolute Gasteiger partial charge is 0.474 e. The van der Waals surface area contributed by atoms with Crippen molar-refractivity contribution >= 4 is 5.97 Å². The highest BCUT2D eigenvalue weighted by Crippen LogP contribution is 1.80. The second kappa shape index (κ2) is 15.9. The van der Waals surface area contributed by atoms with Crippen LogP contribution in [-0.2, 0) is 19.0 Å². The summed E-state index contributed by atoms with van der Waals surface area (Å²) in [6, 6.07) is 0. The summed E-state index contributed by atoms with van der Waals surface area (Å²) < 4.78 is 13.8. The fourth-order valence-corrected chi connectivity index (χ4v) is 0.495. The Kier molecular flexibility index (Phi) is 16.7. The molecule has 5 nitrogen and oxygen atoms in total. The molecule has 0 aromatic rings. The average molecular weight is 230 g/mol. The Morgan fingerprint density at radius 1 is 1.12 bits per heavy atom. The predicted octanol–water partition coefficient (Wildman–Crippen LogP) is 1.01. The van der Waals surface area contributed by atoms with Crippen LogP contribution < -0.4 is 0 Å². The Morgan fingerprint density at radius 2 is 1.75 bits per heavy atom. The lowest BCUT2D eigenvalue weighted by molar-refractivity contribution is -0.139. The highest BCUT2D eigenvalue weighted by molar-refractivity contribution is 5.81. The van der Waals surface area contributed by atoms with Crippen LogP contribution in [0.4, 0.5) is 0 Å². The number of ether oxygens (including phenoxy) is 3. The topological polar surface area (TPSA) is 65.0 Å². The van der Waals surface area contributed by atoms with Gasteiger partial charge in [0.1, 0.15) is 6.61 Å². The predicted molar refractivity (Wildman–Crippen MR) is 60.5 cm³/mol. The first-order valence-corrected chi connectivity index (χ1v) is 4.58. The molecule has 0 saturated heterocycles. The quantitative estimate of drug-likeness (QED) is 0.292. The number of aliphatic hydroxyl groups is 1. The van der Waals surface area contributed by atoms with Crippen molar-refractivity contribution in [3.05, 3.63) is 38.3 Å². The minimum Gasteiger partial charge on any atom is -0.474 e. The number of esters is 1. The first kappa shape index (κ1) is 16.8. The van der Waals surface area contributed by atoms with Gasteiger partial charge in [0.25, 0.3) is 0 Å². The summed E-state index contributed by atoms with van der Waals surface area (Å²) in [5, 5.41) is 8.27. The van der Waals surface area contributed by atoms with Crippen LogP contribution in [0.15, 0.2) is 38.3 Å². The normalized spacial score (nSPS) is 8.06. The van der Waals surface area contributed by atoms with Crippen LogP contribution in [-0.4, -0.2) is 37.5 Å². The van der Waals surface area contributed by atoms with Crippen molar-refractivity contribution in [2.75, 3.05) is 26.4 Å². The fraction of sp³-hybridized carbons (Fsp3) is 0.364. The van der Waals surface area contributed by atoms with Crippen LogP contribution in [0, 0.1) is 0 Å². The number of hydrogen-bond donors (Lipinski definition) is 1. The molecule has 0 aliphatic carbocycles. The molecular weight excluding hydrogens is 212 g/mol. The molecule has 0 bridgehead atoms. The average Bonchev–Trinajstić information content (AvgIpc) is 2.30. The van der Waals surface area contributed by atoms with Crippen molar-refractivity contribution in [2.24, 2.45) is 0 Å². The van der Waals surface area contributed by atoms with Gasteiger partial charge in [0.05, 0.1) is 32.3 Å². The van der Waals surface area contributed by atoms with Gasteiger partial charge in [-0.3, -0.25) is 0 Å². The molecule has 1 N–H and O–H groups in total. The molecule has 0 atom stereocenters. The van der Waals surface area contributed by atoms with E-state index in [0.717, 1.165) is 6.08 Å². The van der Waals surface area contributed by atoms with Gasteiger partial charge in [0.15, 0.2) is 0 Å². The molecule has 0 radical (unpaired) electrons. The fourth-order valence-electron chi connectivity index (χ4n) is 0.495. The molecule has 0 heterocycles. The molecule has 0 unspecified atom stereocenters. The molecule has 0 fully saturated rings. The maximum atomic E-state index is 10.4. The van der Waals surface area contributed by atoms with Crippen LogP contribution in [0.25, 0.3) is 0 Å². The summed E-state index contributed by atoms with van der Waals surface area (Å²) in [5.74, 6) is -0.461. The first-order valence-electron chi connectivity index (χ1n) is 4.58. The third-order valence-electron chi connectivity index (χ3n) is 1.07. The molecule has 0 rings (SSSR count). The maximum Gasteiger partial charge on any atom is 0.330 e. The lowest BCUT2D eigenvalue weighted by Gasteiger charge is -2.01. The molecular formula is C11H18O5. The second-order valence-corrected chi connectivity index (χ2v) is 2.18. The molecule has 16 heavy (non-hydrogen) atoms. The van der Waals surface area contributed by atoms with E-state index in [-0.39, 0.29) is 19.8 Å². The molecule has 0 aromatic carbocycles. The van der Waals surface area contributed by atoms with Crippen LogP contribution in [0.5, 0.6) is 0 Å². The zero-order chi connectivity index (χ0) is 12.6. The molecule has 0 amide bonds. The molecule has 5 heteroatoms. The number of carbonyl (C=O) groups excluding carboxylic acids is 1. The second-order valence-electron chi connectivity index (χ2n) is 2.18. The standard InChI is InChI=1S/C7H12O4.C4H6O/c1-2-7(9)11-6-5-10-4-3-8;1-3-5-4-2/h2,8H,1,3-6H2;3-4H,1-2H2. The highest BCUT2D eigenvalue weighted by atomic mass is 16.6. The minimum atomic E-state index is -0.461. The van der Waals surface area contributed by atoms with Crippen molar-refractivity contribution in [3.8, 4) is 0 Å². The summed E-state index contributed by atoms with van der Waals surface area (Å²) in [6.07, 6.45) is 3.71. The number of rotatable bonds is 8. The Labute approximate surface area is 95.6 Å². The zero-order valence-electron chi connectivity index (χ0n) is 9.26. The van der Waals surface area contributed by atoms with E-state index in [9.17, 15) is 4.79 Å². The molecule has 0 aromatic heterocycles. The van der Waals surface area contributed by atoms with Crippen molar-refractivity contribution in [3.63, 3.8) is 0 Å². The number of hydrogen-bond acceptors (Lipinski definition) is 5. The van der Waals surface area contributed by atoms with Gasteiger partial charge in [-0.1, -0.05) is 19.7 Å². The Morgan fingerprint density at radius 3 is 2.12 bits per heavy atom. The van der Waals surface area contributed by atoms with E-state index < -0.39 is 5.97 Å². The van der Waals surface area contributed by atoms with Gasteiger partial charge in [-0.25, -0.2) is 4.79 Å². The highest BCUT2D eigenvalue weighted by Gasteiger charge is 1.93. The van der Waals surface area contributed by atoms with E-state index in [0.29, 0.717) is 6.61 Å². The van der Waals surface area contributed by atoms with Gasteiger partial charge < -0.3 is 19.3 Å². The van der Waals surface area contributed by atoms with Crippen LogP contribution >= 0.6 is 0 Å². The Hall–Kier alpha value is -1.59. The summed E-state index contributed by atoms with van der Waals surface area (Å²) in [4.78, 5) is 10.4. The number of aliphatic hydroxyl groups excluding tert-OH is 1. The summed E-state index contributed by atoms with van der Waals surface area (Å²) in [5.41, 5.74) is 0. The lowest BCUT2D eigenvalue weighted by atomic mass is 10.6. The van der Waals surface area contributed by atoms with E-state index in [2.05, 4.69) is 29.2 Å². The van der Waals surface area contributed by atoms with Crippen molar-refractivity contribution in [2.45, 2.75) is 0 Å². The smallest absolute Gasteiger partial charge is 0.330 e. The van der Waals surface area contributed by atoms with Crippen LogP contribution in [0.3, 0.4) is 0 Å². The summed E-state index contributed by atoms with van der Waals surface area (Å²) in [6.45, 7) is 10.5. The molecule has 0 spiro atoms. The zero-order valence-corrected chi connectivity index (χ0v) is 9.26. The molecule has 0 saturated carbocycles. The monoisotopic (exact) mass is 230 g/mol. The third kappa shape index (κ3) is 18.2. The molecule has 92 valence electrons. The third-order valence-corrected chi connectivity index (χ3v) is 1.07. The lowest BCUT2D eigenvalue weighted by Crippen LogP contribution is -2.09. The van der Waals surface area contributed by atoms with Crippen molar-refractivity contribution < 1.29 is 24.1 Å². The molecule has 0 aliphatic heterocycles. The van der Waals surface area contributed by atoms with E-state index in [1.807, 2.05) is 0 Å². The SMILES string of the molecule is C=CC(=O)OCCOCCO.C=COC=C. The van der Waals surface area contributed by atoms with Crippen LogP contribution in [0.2, 0.25) is 0 Å². The van der Waals surface area contributed by atoms with Gasteiger partial charge in [0, 0.05) is 6.08 Å².